The van der Waals surface area contributed by atoms with Gasteiger partial charge < -0.3 is 21.7 Å². The van der Waals surface area contributed by atoms with Crippen molar-refractivity contribution in [2.45, 2.75) is 18.9 Å². The van der Waals surface area contributed by atoms with Gasteiger partial charge in [-0.3, -0.25) is 9.59 Å². The standard InChI is InChI=1S/C13H18N4O2/c1-16-12(18)11-3-2-4-17(11)13(19)8-5-9(14)7-10(15)6-8/h5-7,11H,2-4,14-15H2,1H3,(H,16,18). The van der Waals surface area contributed by atoms with Gasteiger partial charge in [0.2, 0.25) is 5.91 Å². The molecule has 6 heteroatoms. The molecule has 2 rings (SSSR count). The zero-order valence-electron chi connectivity index (χ0n) is 10.8. The molecule has 1 saturated heterocycles. The van der Waals surface area contributed by atoms with Gasteiger partial charge in [-0.15, -0.1) is 0 Å². The van der Waals surface area contributed by atoms with Crippen molar-refractivity contribution in [3.05, 3.63) is 23.8 Å². The summed E-state index contributed by atoms with van der Waals surface area (Å²) in [5, 5.41) is 2.58. The summed E-state index contributed by atoms with van der Waals surface area (Å²) in [6, 6.07) is 4.35. The Kier molecular flexibility index (Phi) is 3.59. The zero-order chi connectivity index (χ0) is 14.0. The van der Waals surface area contributed by atoms with Crippen LogP contribution in [-0.4, -0.2) is 36.3 Å². The van der Waals surface area contributed by atoms with E-state index in [-0.39, 0.29) is 11.8 Å². The fourth-order valence-corrected chi connectivity index (χ4v) is 2.41. The average molecular weight is 262 g/mol. The number of nitrogen functional groups attached to an aromatic ring is 2. The predicted octanol–water partition coefficient (Wildman–Crippen LogP) is 0.202. The van der Waals surface area contributed by atoms with Crippen LogP contribution >= 0.6 is 0 Å². The van der Waals surface area contributed by atoms with Gasteiger partial charge in [-0.2, -0.15) is 0 Å². The van der Waals surface area contributed by atoms with Gasteiger partial charge in [0, 0.05) is 30.5 Å². The minimum Gasteiger partial charge on any atom is -0.399 e. The SMILES string of the molecule is CNC(=O)C1CCCN1C(=O)c1cc(N)cc(N)c1. The molecular weight excluding hydrogens is 244 g/mol. The molecule has 19 heavy (non-hydrogen) atoms. The van der Waals surface area contributed by atoms with E-state index in [2.05, 4.69) is 5.32 Å². The second kappa shape index (κ2) is 5.17. The number of anilines is 2. The molecule has 2 amide bonds. The second-order valence-corrected chi connectivity index (χ2v) is 4.66. The quantitative estimate of drug-likeness (QED) is 0.663. The molecule has 1 unspecified atom stereocenters. The summed E-state index contributed by atoms with van der Waals surface area (Å²) in [6.45, 7) is 0.575. The first-order chi connectivity index (χ1) is 9.02. The average Bonchev–Trinajstić information content (AvgIpc) is 2.84. The lowest BCUT2D eigenvalue weighted by Gasteiger charge is -2.23. The summed E-state index contributed by atoms with van der Waals surface area (Å²) < 4.78 is 0. The molecule has 6 nitrogen and oxygen atoms in total. The monoisotopic (exact) mass is 262 g/mol. The smallest absolute Gasteiger partial charge is 0.254 e. The summed E-state index contributed by atoms with van der Waals surface area (Å²) in [6.07, 6.45) is 1.50. The lowest BCUT2D eigenvalue weighted by Crippen LogP contribution is -2.44. The van der Waals surface area contributed by atoms with E-state index in [1.54, 1.807) is 30.1 Å². The van der Waals surface area contributed by atoms with Gasteiger partial charge >= 0.3 is 0 Å². The first-order valence-corrected chi connectivity index (χ1v) is 6.21. The van der Waals surface area contributed by atoms with Crippen molar-refractivity contribution in [2.24, 2.45) is 0 Å². The van der Waals surface area contributed by atoms with Gasteiger partial charge in [0.1, 0.15) is 6.04 Å². The van der Waals surface area contributed by atoms with Crippen LogP contribution < -0.4 is 16.8 Å². The Labute approximate surface area is 111 Å². The number of carbonyl (C=O) groups is 2. The van der Waals surface area contributed by atoms with Crippen molar-refractivity contribution in [1.82, 2.24) is 10.2 Å². The molecule has 0 spiro atoms. The minimum absolute atomic E-state index is 0.136. The number of likely N-dealkylation sites (tertiary alicyclic amines) is 1. The third kappa shape index (κ3) is 2.62. The van der Waals surface area contributed by atoms with E-state index >= 15 is 0 Å². The highest BCUT2D eigenvalue weighted by molar-refractivity contribution is 5.99. The van der Waals surface area contributed by atoms with Gasteiger partial charge in [0.25, 0.3) is 5.91 Å². The summed E-state index contributed by atoms with van der Waals surface area (Å²) in [4.78, 5) is 25.7. The molecule has 1 fully saturated rings. The highest BCUT2D eigenvalue weighted by atomic mass is 16.2. The topological polar surface area (TPSA) is 101 Å². The van der Waals surface area contributed by atoms with E-state index in [1.165, 1.54) is 0 Å². The van der Waals surface area contributed by atoms with Crippen LogP contribution in [0.5, 0.6) is 0 Å². The van der Waals surface area contributed by atoms with Gasteiger partial charge in [0.15, 0.2) is 0 Å². The Morgan fingerprint density at radius 2 is 1.89 bits per heavy atom. The summed E-state index contributed by atoms with van der Waals surface area (Å²) in [7, 11) is 1.57. The van der Waals surface area contributed by atoms with E-state index in [4.69, 9.17) is 11.5 Å². The Hall–Kier alpha value is -2.24. The van der Waals surface area contributed by atoms with Crippen LogP contribution in [0.3, 0.4) is 0 Å². The number of hydrogen-bond donors (Lipinski definition) is 3. The van der Waals surface area contributed by atoms with E-state index in [0.29, 0.717) is 29.9 Å². The first kappa shape index (κ1) is 13.2. The number of nitrogens with two attached hydrogens (primary N) is 2. The van der Waals surface area contributed by atoms with E-state index in [9.17, 15) is 9.59 Å². The molecule has 0 aromatic heterocycles. The van der Waals surface area contributed by atoms with Crippen molar-refractivity contribution in [2.75, 3.05) is 25.1 Å². The maximum atomic E-state index is 12.4. The Morgan fingerprint density at radius 1 is 1.26 bits per heavy atom. The van der Waals surface area contributed by atoms with Crippen LogP contribution in [0, 0.1) is 0 Å². The van der Waals surface area contributed by atoms with Crippen molar-refractivity contribution >= 4 is 23.2 Å². The second-order valence-electron chi connectivity index (χ2n) is 4.66. The number of rotatable bonds is 2. The Bertz CT molecular complexity index is 495. The maximum Gasteiger partial charge on any atom is 0.254 e. The van der Waals surface area contributed by atoms with E-state index in [1.807, 2.05) is 0 Å². The van der Waals surface area contributed by atoms with Crippen LogP contribution in [0.15, 0.2) is 18.2 Å². The molecular formula is C13H18N4O2. The summed E-state index contributed by atoms with van der Waals surface area (Å²) in [5.74, 6) is -0.340. The molecule has 5 N–H and O–H groups in total. The number of hydrogen-bond acceptors (Lipinski definition) is 4. The summed E-state index contributed by atoms with van der Waals surface area (Å²) in [5.41, 5.74) is 12.7. The fraction of sp³-hybridized carbons (Fsp3) is 0.385. The van der Waals surface area contributed by atoms with Crippen LogP contribution in [0.25, 0.3) is 0 Å². The number of carbonyl (C=O) groups excluding carboxylic acids is 2. The number of benzene rings is 1. The van der Waals surface area contributed by atoms with Crippen molar-refractivity contribution in [3.8, 4) is 0 Å². The lowest BCUT2D eigenvalue weighted by atomic mass is 10.1. The molecule has 1 aliphatic rings. The molecule has 0 radical (unpaired) electrons. The van der Waals surface area contributed by atoms with Crippen LogP contribution in [0.4, 0.5) is 11.4 Å². The number of nitrogens with one attached hydrogen (secondary N) is 1. The molecule has 1 heterocycles. The predicted molar refractivity (Wildman–Crippen MR) is 73.4 cm³/mol. The Morgan fingerprint density at radius 3 is 2.47 bits per heavy atom. The van der Waals surface area contributed by atoms with Gasteiger partial charge in [-0.05, 0) is 31.0 Å². The molecule has 1 aromatic rings. The van der Waals surface area contributed by atoms with Crippen molar-refractivity contribution < 1.29 is 9.59 Å². The third-order valence-electron chi connectivity index (χ3n) is 3.29. The minimum atomic E-state index is -0.403. The molecule has 1 aliphatic heterocycles. The molecule has 1 aromatic carbocycles. The van der Waals surface area contributed by atoms with Gasteiger partial charge in [-0.25, -0.2) is 0 Å². The lowest BCUT2D eigenvalue weighted by molar-refractivity contribution is -0.124. The highest BCUT2D eigenvalue weighted by Crippen LogP contribution is 2.22. The fourth-order valence-electron chi connectivity index (χ4n) is 2.41. The Balaban J connectivity index is 2.25. The largest absolute Gasteiger partial charge is 0.399 e. The highest BCUT2D eigenvalue weighted by Gasteiger charge is 2.34. The maximum absolute atomic E-state index is 12.4. The first-order valence-electron chi connectivity index (χ1n) is 6.21. The molecule has 1 atom stereocenters. The van der Waals surface area contributed by atoms with Crippen LogP contribution in [0.1, 0.15) is 23.2 Å². The van der Waals surface area contributed by atoms with Gasteiger partial charge in [-0.1, -0.05) is 0 Å². The van der Waals surface area contributed by atoms with Gasteiger partial charge in [0.05, 0.1) is 0 Å². The van der Waals surface area contributed by atoms with Crippen LogP contribution in [-0.2, 0) is 4.79 Å². The van der Waals surface area contributed by atoms with Crippen molar-refractivity contribution in [1.29, 1.82) is 0 Å². The number of nitrogens with zero attached hydrogens (tertiary/aromatic N) is 1. The van der Waals surface area contributed by atoms with Crippen molar-refractivity contribution in [3.63, 3.8) is 0 Å². The summed E-state index contributed by atoms with van der Waals surface area (Å²) >= 11 is 0. The third-order valence-corrected chi connectivity index (χ3v) is 3.29. The molecule has 102 valence electrons. The van der Waals surface area contributed by atoms with E-state index in [0.717, 1.165) is 6.42 Å². The molecule has 0 saturated carbocycles. The van der Waals surface area contributed by atoms with E-state index < -0.39 is 6.04 Å². The molecule has 0 aliphatic carbocycles. The normalized spacial score (nSPS) is 18.4. The zero-order valence-corrected chi connectivity index (χ0v) is 10.8. The van der Waals surface area contributed by atoms with Crippen LogP contribution in [0.2, 0.25) is 0 Å². The molecule has 0 bridgehead atoms. The number of likely N-dealkylation sites (N-methyl/N-ethyl adjacent to an activating group) is 1. The number of amides is 2.